The number of nitrogens with two attached hydrogens (primary N) is 1. The highest BCUT2D eigenvalue weighted by Crippen LogP contribution is 2.24. The van der Waals surface area contributed by atoms with E-state index in [0.717, 1.165) is 0 Å². The van der Waals surface area contributed by atoms with E-state index in [0.29, 0.717) is 18.0 Å². The van der Waals surface area contributed by atoms with Crippen LogP contribution in [0.4, 0.5) is 13.2 Å². The van der Waals surface area contributed by atoms with Crippen molar-refractivity contribution in [1.29, 1.82) is 0 Å². The van der Waals surface area contributed by atoms with Gasteiger partial charge in [0, 0.05) is 31.2 Å². The summed E-state index contributed by atoms with van der Waals surface area (Å²) in [7, 11) is 1.65. The summed E-state index contributed by atoms with van der Waals surface area (Å²) in [6.45, 7) is 0. The van der Waals surface area contributed by atoms with Gasteiger partial charge in [-0.15, -0.1) is 0 Å². The Bertz CT molecular complexity index is 560. The third-order valence-corrected chi connectivity index (χ3v) is 2.79. The smallest absolute Gasteiger partial charge is 0.138 e. The monoisotopic (exact) mass is 271 g/mol. The summed E-state index contributed by atoms with van der Waals surface area (Å²) in [4.78, 5) is 3.94. The summed E-state index contributed by atoms with van der Waals surface area (Å²) in [5.74, 6) is 2.83. The lowest BCUT2D eigenvalue weighted by molar-refractivity contribution is 0.452. The maximum atomic E-state index is 13.7. The third-order valence-electron chi connectivity index (χ3n) is 2.79. The van der Waals surface area contributed by atoms with E-state index >= 15 is 0 Å². The van der Waals surface area contributed by atoms with Crippen molar-refractivity contribution in [2.75, 3.05) is 0 Å². The quantitative estimate of drug-likeness (QED) is 0.642. The van der Waals surface area contributed by atoms with Crippen LogP contribution in [0.25, 0.3) is 0 Å². The highest BCUT2D eigenvalue weighted by molar-refractivity contribution is 5.25. The Hall–Kier alpha value is -1.93. The molecule has 8 heteroatoms. The largest absolute Gasteiger partial charge is 0.271 e. The molecular formula is C11H12F3N5. The van der Waals surface area contributed by atoms with Gasteiger partial charge >= 0.3 is 0 Å². The SMILES string of the molecule is Cn1ncnc1CC(NN)c1c(F)cc(F)cc1F. The van der Waals surface area contributed by atoms with E-state index in [1.807, 2.05) is 0 Å². The molecule has 2 rings (SSSR count). The van der Waals surface area contributed by atoms with Crippen LogP contribution in [-0.2, 0) is 13.5 Å². The molecule has 1 aromatic heterocycles. The van der Waals surface area contributed by atoms with Gasteiger partial charge in [0.15, 0.2) is 0 Å². The minimum atomic E-state index is -0.998. The highest BCUT2D eigenvalue weighted by atomic mass is 19.1. The summed E-state index contributed by atoms with van der Waals surface area (Å²) in [6.07, 6.45) is 1.44. The first kappa shape index (κ1) is 13.5. The summed E-state index contributed by atoms with van der Waals surface area (Å²) >= 11 is 0. The number of halogens is 3. The van der Waals surface area contributed by atoms with E-state index in [1.165, 1.54) is 11.0 Å². The molecule has 0 aliphatic heterocycles. The molecule has 1 aromatic carbocycles. The molecule has 19 heavy (non-hydrogen) atoms. The zero-order valence-electron chi connectivity index (χ0n) is 10.1. The molecule has 0 radical (unpaired) electrons. The fraction of sp³-hybridized carbons (Fsp3) is 0.273. The van der Waals surface area contributed by atoms with Crippen molar-refractivity contribution in [1.82, 2.24) is 20.2 Å². The van der Waals surface area contributed by atoms with Crippen LogP contribution in [0.1, 0.15) is 17.4 Å². The number of nitrogens with one attached hydrogen (secondary N) is 1. The molecule has 0 saturated heterocycles. The maximum Gasteiger partial charge on any atom is 0.138 e. The van der Waals surface area contributed by atoms with Crippen LogP contribution < -0.4 is 11.3 Å². The summed E-state index contributed by atoms with van der Waals surface area (Å²) in [5, 5.41) is 3.85. The van der Waals surface area contributed by atoms with E-state index in [-0.39, 0.29) is 12.0 Å². The average Bonchev–Trinajstić information content (AvgIpc) is 2.72. The second kappa shape index (κ2) is 5.37. The molecule has 0 aliphatic carbocycles. The van der Waals surface area contributed by atoms with Crippen molar-refractivity contribution in [3.8, 4) is 0 Å². The van der Waals surface area contributed by atoms with Crippen LogP contribution in [0.15, 0.2) is 18.5 Å². The van der Waals surface area contributed by atoms with Crippen molar-refractivity contribution < 1.29 is 13.2 Å². The lowest BCUT2D eigenvalue weighted by Gasteiger charge is -2.17. The van der Waals surface area contributed by atoms with Gasteiger partial charge in [0.25, 0.3) is 0 Å². The van der Waals surface area contributed by atoms with Crippen LogP contribution in [0, 0.1) is 17.5 Å². The average molecular weight is 271 g/mol. The van der Waals surface area contributed by atoms with Crippen molar-refractivity contribution in [3.05, 3.63) is 47.3 Å². The standard InChI is InChI=1S/C11H12F3N5/c1-19-10(16-5-17-19)4-9(18-15)11-7(13)2-6(12)3-8(11)14/h2-3,5,9,18H,4,15H2,1H3. The molecule has 102 valence electrons. The fourth-order valence-electron chi connectivity index (χ4n) is 1.82. The van der Waals surface area contributed by atoms with Crippen molar-refractivity contribution >= 4 is 0 Å². The zero-order chi connectivity index (χ0) is 14.0. The maximum absolute atomic E-state index is 13.7. The van der Waals surface area contributed by atoms with E-state index in [2.05, 4.69) is 15.5 Å². The number of hydrazine groups is 1. The lowest BCUT2D eigenvalue weighted by Crippen LogP contribution is -2.32. The number of hydrogen-bond acceptors (Lipinski definition) is 4. The van der Waals surface area contributed by atoms with Crippen molar-refractivity contribution in [2.45, 2.75) is 12.5 Å². The van der Waals surface area contributed by atoms with Crippen LogP contribution in [0.2, 0.25) is 0 Å². The minimum absolute atomic E-state index is 0.118. The summed E-state index contributed by atoms with van der Waals surface area (Å²) in [6, 6.07) is 0.349. The van der Waals surface area contributed by atoms with E-state index in [4.69, 9.17) is 5.84 Å². The molecule has 0 aliphatic rings. The molecule has 0 bridgehead atoms. The first-order valence-corrected chi connectivity index (χ1v) is 5.46. The predicted octanol–water partition coefficient (Wildman–Crippen LogP) is 0.980. The fourth-order valence-corrected chi connectivity index (χ4v) is 1.82. The first-order chi connectivity index (χ1) is 9.02. The second-order valence-electron chi connectivity index (χ2n) is 4.01. The Kier molecular flexibility index (Phi) is 3.82. The van der Waals surface area contributed by atoms with Crippen molar-refractivity contribution in [2.24, 2.45) is 12.9 Å². The summed E-state index contributed by atoms with van der Waals surface area (Å²) < 4.78 is 41.6. The number of aromatic nitrogens is 3. The van der Waals surface area contributed by atoms with Crippen LogP contribution >= 0.6 is 0 Å². The predicted molar refractivity (Wildman–Crippen MR) is 61.1 cm³/mol. The Morgan fingerprint density at radius 3 is 2.42 bits per heavy atom. The number of aryl methyl sites for hydroxylation is 1. The molecular weight excluding hydrogens is 259 g/mol. The van der Waals surface area contributed by atoms with Gasteiger partial charge in [0.2, 0.25) is 0 Å². The van der Waals surface area contributed by atoms with E-state index < -0.39 is 23.5 Å². The molecule has 0 fully saturated rings. The van der Waals surface area contributed by atoms with Gasteiger partial charge in [-0.2, -0.15) is 5.10 Å². The molecule has 5 nitrogen and oxygen atoms in total. The number of rotatable bonds is 4. The number of hydrogen-bond donors (Lipinski definition) is 2. The van der Waals surface area contributed by atoms with Crippen molar-refractivity contribution in [3.63, 3.8) is 0 Å². The Morgan fingerprint density at radius 1 is 1.32 bits per heavy atom. The molecule has 0 saturated carbocycles. The van der Waals surface area contributed by atoms with Gasteiger partial charge in [-0.05, 0) is 0 Å². The Morgan fingerprint density at radius 2 is 1.95 bits per heavy atom. The van der Waals surface area contributed by atoms with Gasteiger partial charge in [-0.1, -0.05) is 0 Å². The zero-order valence-corrected chi connectivity index (χ0v) is 10.1. The van der Waals surface area contributed by atoms with Gasteiger partial charge in [0.05, 0.1) is 6.04 Å². The van der Waals surface area contributed by atoms with Crippen LogP contribution in [-0.4, -0.2) is 14.8 Å². The van der Waals surface area contributed by atoms with Crippen LogP contribution in [0.5, 0.6) is 0 Å². The molecule has 2 aromatic rings. The normalized spacial score (nSPS) is 12.7. The molecule has 1 atom stereocenters. The molecule has 1 unspecified atom stereocenters. The molecule has 0 amide bonds. The minimum Gasteiger partial charge on any atom is -0.271 e. The van der Waals surface area contributed by atoms with Gasteiger partial charge in [0.1, 0.15) is 29.6 Å². The third kappa shape index (κ3) is 2.74. The van der Waals surface area contributed by atoms with Gasteiger partial charge in [-0.25, -0.2) is 18.2 Å². The number of benzene rings is 1. The molecule has 3 N–H and O–H groups in total. The first-order valence-electron chi connectivity index (χ1n) is 5.46. The second-order valence-corrected chi connectivity index (χ2v) is 4.01. The molecule has 0 spiro atoms. The Labute approximate surface area is 107 Å². The van der Waals surface area contributed by atoms with E-state index in [9.17, 15) is 13.2 Å². The molecule has 1 heterocycles. The highest BCUT2D eigenvalue weighted by Gasteiger charge is 2.22. The van der Waals surface area contributed by atoms with Crippen LogP contribution in [0.3, 0.4) is 0 Å². The summed E-state index contributed by atoms with van der Waals surface area (Å²) in [5.41, 5.74) is 1.97. The lowest BCUT2D eigenvalue weighted by atomic mass is 10.0. The van der Waals surface area contributed by atoms with E-state index in [1.54, 1.807) is 7.05 Å². The van der Waals surface area contributed by atoms with Gasteiger partial charge in [-0.3, -0.25) is 16.0 Å². The Balaban J connectivity index is 2.35. The topological polar surface area (TPSA) is 68.8 Å². The number of nitrogens with zero attached hydrogens (tertiary/aromatic N) is 3. The van der Waals surface area contributed by atoms with Gasteiger partial charge < -0.3 is 0 Å².